The second-order valence-corrected chi connectivity index (χ2v) is 5.96. The molecule has 0 fully saturated rings. The monoisotopic (exact) mass is 274 g/mol. The van der Waals surface area contributed by atoms with E-state index < -0.39 is 0 Å². The highest BCUT2D eigenvalue weighted by Crippen LogP contribution is 2.46. The largest absolute Gasteiger partial charge is 0.243 e. The smallest absolute Gasteiger partial charge is 0.100 e. The molecule has 0 unspecified atom stereocenters. The quantitative estimate of drug-likeness (QED) is 0.405. The summed E-state index contributed by atoms with van der Waals surface area (Å²) >= 11 is 1.66. The Hall–Kier alpha value is -2.26. The van der Waals surface area contributed by atoms with Gasteiger partial charge in [0.15, 0.2) is 0 Å². The van der Waals surface area contributed by atoms with Gasteiger partial charge in [-0.1, -0.05) is 30.3 Å². The van der Waals surface area contributed by atoms with E-state index in [1.54, 1.807) is 11.3 Å². The van der Waals surface area contributed by atoms with Crippen LogP contribution in [0.2, 0.25) is 0 Å². The molecule has 2 nitrogen and oxygen atoms in total. The summed E-state index contributed by atoms with van der Waals surface area (Å²) in [5.74, 6) is 0. The van der Waals surface area contributed by atoms with E-state index in [4.69, 9.17) is 9.97 Å². The van der Waals surface area contributed by atoms with Crippen molar-refractivity contribution in [3.63, 3.8) is 0 Å². The average molecular weight is 274 g/mol. The summed E-state index contributed by atoms with van der Waals surface area (Å²) in [4.78, 5) is 9.67. The summed E-state index contributed by atoms with van der Waals surface area (Å²) < 4.78 is 0. The van der Waals surface area contributed by atoms with Crippen molar-refractivity contribution < 1.29 is 0 Å². The molecule has 2 aromatic carbocycles. The van der Waals surface area contributed by atoms with Crippen LogP contribution in [0.25, 0.3) is 44.3 Å². The Morgan fingerprint density at radius 2 is 1.55 bits per heavy atom. The molecule has 0 N–H and O–H groups in total. The number of aryl methyl sites for hydroxylation is 1. The number of hydrogen-bond acceptors (Lipinski definition) is 3. The summed E-state index contributed by atoms with van der Waals surface area (Å²) in [5.41, 5.74) is 7.79. The minimum atomic E-state index is 0.996. The van der Waals surface area contributed by atoms with E-state index >= 15 is 0 Å². The molecule has 0 amide bonds. The van der Waals surface area contributed by atoms with Crippen LogP contribution in [-0.2, 0) is 0 Å². The molecule has 1 aliphatic rings. The van der Waals surface area contributed by atoms with Gasteiger partial charge in [-0.3, -0.25) is 0 Å². The van der Waals surface area contributed by atoms with Crippen LogP contribution < -0.4 is 0 Å². The molecular weight excluding hydrogens is 264 g/mol. The molecule has 0 aliphatic heterocycles. The molecule has 0 saturated carbocycles. The van der Waals surface area contributed by atoms with E-state index in [0.29, 0.717) is 0 Å². The van der Waals surface area contributed by atoms with Crippen molar-refractivity contribution in [3.8, 4) is 22.5 Å². The maximum absolute atomic E-state index is 4.83. The Morgan fingerprint density at radius 1 is 0.850 bits per heavy atom. The lowest BCUT2D eigenvalue weighted by Gasteiger charge is -2.04. The molecule has 3 heteroatoms. The van der Waals surface area contributed by atoms with Gasteiger partial charge in [0.1, 0.15) is 11.0 Å². The third-order valence-corrected chi connectivity index (χ3v) is 4.80. The minimum Gasteiger partial charge on any atom is -0.243 e. The highest BCUT2D eigenvalue weighted by Gasteiger charge is 2.25. The molecule has 0 radical (unpaired) electrons. The van der Waals surface area contributed by atoms with Gasteiger partial charge < -0.3 is 0 Å². The lowest BCUT2D eigenvalue weighted by Crippen LogP contribution is -1.87. The third kappa shape index (κ3) is 1.14. The van der Waals surface area contributed by atoms with Crippen molar-refractivity contribution in [1.29, 1.82) is 0 Å². The molecule has 5 rings (SSSR count). The number of rotatable bonds is 0. The fourth-order valence-electron chi connectivity index (χ4n) is 3.12. The third-order valence-electron chi connectivity index (χ3n) is 4.08. The summed E-state index contributed by atoms with van der Waals surface area (Å²) in [7, 11) is 0. The van der Waals surface area contributed by atoms with Crippen molar-refractivity contribution in [2.45, 2.75) is 6.92 Å². The molecule has 4 aromatic rings. The van der Waals surface area contributed by atoms with E-state index in [0.717, 1.165) is 22.4 Å². The molecule has 0 bridgehead atoms. The zero-order valence-corrected chi connectivity index (χ0v) is 11.7. The van der Waals surface area contributed by atoms with Crippen LogP contribution in [0.15, 0.2) is 41.1 Å². The van der Waals surface area contributed by atoms with Gasteiger partial charge in [-0.05, 0) is 17.9 Å². The first-order chi connectivity index (χ1) is 9.83. The minimum absolute atomic E-state index is 0.996. The number of hydrogen-bond donors (Lipinski definition) is 0. The van der Waals surface area contributed by atoms with E-state index in [-0.39, 0.29) is 0 Å². The van der Waals surface area contributed by atoms with Gasteiger partial charge in [-0.15, -0.1) is 11.3 Å². The van der Waals surface area contributed by atoms with E-state index in [9.17, 15) is 0 Å². The highest BCUT2D eigenvalue weighted by molar-refractivity contribution is 7.09. The van der Waals surface area contributed by atoms with Crippen LogP contribution in [0, 0.1) is 6.92 Å². The normalized spacial score (nSPS) is 12.2. The molecule has 20 heavy (non-hydrogen) atoms. The van der Waals surface area contributed by atoms with Crippen LogP contribution in [-0.4, -0.2) is 9.97 Å². The predicted molar refractivity (Wildman–Crippen MR) is 84.1 cm³/mol. The average Bonchev–Trinajstić information content (AvgIpc) is 3.04. The number of thiophene rings is 1. The second-order valence-electron chi connectivity index (χ2n) is 5.22. The molecule has 0 spiro atoms. The molecule has 0 atom stereocenters. The number of benzene rings is 2. The standard InChI is InChI=1S/C17H10N2S/c1-9-5-6-12-15-10(9)3-2-4-11(15)16-17(12)19-14-8-20-7-13(14)18-16/h2-8H,1H3. The van der Waals surface area contributed by atoms with Crippen molar-refractivity contribution >= 4 is 33.1 Å². The molecule has 94 valence electrons. The summed E-state index contributed by atoms with van der Waals surface area (Å²) in [6, 6.07) is 10.8. The van der Waals surface area contributed by atoms with Gasteiger partial charge in [-0.2, -0.15) is 0 Å². The second kappa shape index (κ2) is 3.44. The van der Waals surface area contributed by atoms with Gasteiger partial charge in [-0.25, -0.2) is 9.97 Å². The molecule has 2 aromatic heterocycles. The first kappa shape index (κ1) is 10.5. The zero-order valence-electron chi connectivity index (χ0n) is 10.8. The Bertz CT molecular complexity index is 970. The Balaban J connectivity index is 2.04. The topological polar surface area (TPSA) is 25.8 Å². The lowest BCUT2D eigenvalue weighted by molar-refractivity contribution is 1.33. The highest BCUT2D eigenvalue weighted by atomic mass is 32.1. The maximum Gasteiger partial charge on any atom is 0.100 e. The van der Waals surface area contributed by atoms with Crippen LogP contribution in [0.1, 0.15) is 5.56 Å². The number of fused-ring (bicyclic) bond motifs is 4. The fourth-order valence-corrected chi connectivity index (χ4v) is 3.79. The lowest BCUT2D eigenvalue weighted by atomic mass is 10.0. The van der Waals surface area contributed by atoms with Crippen molar-refractivity contribution in [3.05, 3.63) is 46.7 Å². The van der Waals surface area contributed by atoms with Crippen molar-refractivity contribution in [2.75, 3.05) is 0 Å². The van der Waals surface area contributed by atoms with E-state index in [1.807, 2.05) is 0 Å². The summed E-state index contributed by atoms with van der Waals surface area (Å²) in [6.07, 6.45) is 0. The SMILES string of the molecule is Cc1ccc2c3c(cccc13)-c1nc3cscc3nc1-2. The van der Waals surface area contributed by atoms with Gasteiger partial charge >= 0.3 is 0 Å². The van der Waals surface area contributed by atoms with Gasteiger partial charge in [0, 0.05) is 27.3 Å². The molecule has 1 aliphatic carbocycles. The number of nitrogens with zero attached hydrogens (tertiary/aromatic N) is 2. The first-order valence-corrected chi connectivity index (χ1v) is 7.54. The molecular formula is C17H10N2S. The first-order valence-electron chi connectivity index (χ1n) is 6.60. The van der Waals surface area contributed by atoms with E-state index in [2.05, 4.69) is 48.0 Å². The summed E-state index contributed by atoms with van der Waals surface area (Å²) in [5, 5.41) is 6.75. The van der Waals surface area contributed by atoms with Gasteiger partial charge in [0.2, 0.25) is 0 Å². The molecule has 2 heterocycles. The van der Waals surface area contributed by atoms with E-state index in [1.165, 1.54) is 27.5 Å². The predicted octanol–water partition coefficient (Wildman–Crippen LogP) is 4.80. The fraction of sp³-hybridized carbons (Fsp3) is 0.0588. The summed E-state index contributed by atoms with van der Waals surface area (Å²) in [6.45, 7) is 2.16. The number of aromatic nitrogens is 2. The van der Waals surface area contributed by atoms with Crippen molar-refractivity contribution in [2.24, 2.45) is 0 Å². The Labute approximate surface area is 119 Å². The van der Waals surface area contributed by atoms with Gasteiger partial charge in [0.05, 0.1) is 11.4 Å². The van der Waals surface area contributed by atoms with Crippen LogP contribution in [0.3, 0.4) is 0 Å². The van der Waals surface area contributed by atoms with Crippen molar-refractivity contribution in [1.82, 2.24) is 9.97 Å². The van der Waals surface area contributed by atoms with Gasteiger partial charge in [0.25, 0.3) is 0 Å². The van der Waals surface area contributed by atoms with Crippen LogP contribution in [0.4, 0.5) is 0 Å². The van der Waals surface area contributed by atoms with Crippen LogP contribution in [0.5, 0.6) is 0 Å². The molecule has 0 saturated heterocycles. The zero-order chi connectivity index (χ0) is 13.3. The Kier molecular flexibility index (Phi) is 1.81. The maximum atomic E-state index is 4.83. The Morgan fingerprint density at radius 3 is 2.30 bits per heavy atom. The van der Waals surface area contributed by atoms with Crippen LogP contribution >= 0.6 is 11.3 Å².